The topological polar surface area (TPSA) is 99.8 Å². The summed E-state index contributed by atoms with van der Waals surface area (Å²) in [6, 6.07) is 8.66. The predicted octanol–water partition coefficient (Wildman–Crippen LogP) is 4.25. The average molecular weight is 567 g/mol. The molecule has 2 atom stereocenters. The number of hydrogen-bond acceptors (Lipinski definition) is 7. The van der Waals surface area contributed by atoms with Gasteiger partial charge >= 0.3 is 6.09 Å². The molecular weight excluding hydrogens is 520 g/mol. The summed E-state index contributed by atoms with van der Waals surface area (Å²) in [6.45, 7) is 7.03. The zero-order valence-electron chi connectivity index (χ0n) is 23.4. The SMILES string of the molecule is CSCN(C(=O)OC(C)C)[C@@H](C)C(=O)N[C@@H](CSCC1CCCCC1)C(=O)NCCNCc1ccccc1. The van der Waals surface area contributed by atoms with Gasteiger partial charge in [-0.3, -0.25) is 14.5 Å². The van der Waals surface area contributed by atoms with Gasteiger partial charge in [-0.2, -0.15) is 11.8 Å². The minimum absolute atomic E-state index is 0.204. The third-order valence-corrected chi connectivity index (χ3v) is 8.27. The lowest BCUT2D eigenvalue weighted by atomic mass is 9.91. The quantitative estimate of drug-likeness (QED) is 0.203. The second-order valence-corrected chi connectivity index (χ2v) is 12.0. The van der Waals surface area contributed by atoms with Crippen molar-refractivity contribution in [3.63, 3.8) is 0 Å². The molecule has 1 saturated carbocycles. The molecule has 1 aromatic carbocycles. The van der Waals surface area contributed by atoms with Crippen LogP contribution in [0.5, 0.6) is 0 Å². The molecule has 0 spiro atoms. The van der Waals surface area contributed by atoms with Gasteiger partial charge in [-0.25, -0.2) is 4.79 Å². The van der Waals surface area contributed by atoms with Crippen molar-refractivity contribution < 1.29 is 19.1 Å². The van der Waals surface area contributed by atoms with Gasteiger partial charge in [0, 0.05) is 25.4 Å². The molecule has 0 aromatic heterocycles. The standard InChI is InChI=1S/C28H46N4O4S2/c1-21(2)36-28(35)32(20-37-4)22(3)26(33)31-25(19-38-18-24-13-9-6-10-14-24)27(34)30-16-15-29-17-23-11-7-5-8-12-23/h5,7-8,11-12,21-22,24-25,29H,6,9-10,13-20H2,1-4H3,(H,30,34)(H,31,33)/t22-,25-/m0/s1. The summed E-state index contributed by atoms with van der Waals surface area (Å²) in [5.74, 6) is 1.92. The van der Waals surface area contributed by atoms with E-state index in [2.05, 4.69) is 28.1 Å². The molecule has 2 rings (SSSR count). The van der Waals surface area contributed by atoms with E-state index in [4.69, 9.17) is 4.74 Å². The molecule has 1 fully saturated rings. The van der Waals surface area contributed by atoms with E-state index in [0.29, 0.717) is 30.6 Å². The van der Waals surface area contributed by atoms with Crippen LogP contribution in [-0.4, -0.2) is 77.7 Å². The van der Waals surface area contributed by atoms with E-state index in [1.54, 1.807) is 32.5 Å². The summed E-state index contributed by atoms with van der Waals surface area (Å²) < 4.78 is 5.33. The van der Waals surface area contributed by atoms with E-state index in [1.165, 1.54) is 54.3 Å². The molecule has 10 heteroatoms. The minimum atomic E-state index is -0.764. The number of nitrogens with zero attached hydrogens (tertiary/aromatic N) is 1. The first kappa shape index (κ1) is 32.3. The zero-order chi connectivity index (χ0) is 27.8. The molecule has 1 aliphatic carbocycles. The lowest BCUT2D eigenvalue weighted by Gasteiger charge is -2.29. The number of carbonyl (C=O) groups is 3. The van der Waals surface area contributed by atoms with E-state index in [-0.39, 0.29) is 17.9 Å². The van der Waals surface area contributed by atoms with E-state index in [0.717, 1.165) is 12.3 Å². The van der Waals surface area contributed by atoms with Gasteiger partial charge in [0.05, 0.1) is 12.0 Å². The first-order chi connectivity index (χ1) is 18.3. The summed E-state index contributed by atoms with van der Waals surface area (Å²) in [4.78, 5) is 40.3. The lowest BCUT2D eigenvalue weighted by molar-refractivity contribution is -0.130. The molecule has 0 heterocycles. The van der Waals surface area contributed by atoms with Crippen LogP contribution in [0, 0.1) is 5.92 Å². The smallest absolute Gasteiger partial charge is 0.411 e. The molecule has 0 saturated heterocycles. The van der Waals surface area contributed by atoms with E-state index >= 15 is 0 Å². The Hall–Kier alpha value is -1.91. The van der Waals surface area contributed by atoms with Gasteiger partial charge in [-0.1, -0.05) is 49.6 Å². The molecule has 1 aliphatic rings. The van der Waals surface area contributed by atoms with Gasteiger partial charge < -0.3 is 20.7 Å². The van der Waals surface area contributed by atoms with Crippen molar-refractivity contribution in [2.24, 2.45) is 5.92 Å². The molecule has 3 amide bonds. The van der Waals surface area contributed by atoms with Crippen LogP contribution in [0.2, 0.25) is 0 Å². The average Bonchev–Trinajstić information content (AvgIpc) is 2.91. The highest BCUT2D eigenvalue weighted by atomic mass is 32.2. The number of hydrogen-bond donors (Lipinski definition) is 3. The number of rotatable bonds is 16. The largest absolute Gasteiger partial charge is 0.447 e. The van der Waals surface area contributed by atoms with E-state index in [1.807, 2.05) is 24.5 Å². The van der Waals surface area contributed by atoms with Crippen molar-refractivity contribution in [2.45, 2.75) is 77.6 Å². The maximum absolute atomic E-state index is 13.2. The van der Waals surface area contributed by atoms with Crippen molar-refractivity contribution in [2.75, 3.05) is 36.7 Å². The Balaban J connectivity index is 1.93. The van der Waals surface area contributed by atoms with Crippen molar-refractivity contribution in [1.82, 2.24) is 20.9 Å². The Morgan fingerprint density at radius 3 is 2.39 bits per heavy atom. The predicted molar refractivity (Wildman–Crippen MR) is 158 cm³/mol. The maximum Gasteiger partial charge on any atom is 0.411 e. The summed E-state index contributed by atoms with van der Waals surface area (Å²) in [5, 5.41) is 9.21. The highest BCUT2D eigenvalue weighted by Crippen LogP contribution is 2.27. The van der Waals surface area contributed by atoms with Crippen LogP contribution in [0.25, 0.3) is 0 Å². The molecule has 0 unspecified atom stereocenters. The lowest BCUT2D eigenvalue weighted by Crippen LogP contribution is -2.55. The van der Waals surface area contributed by atoms with Gasteiger partial charge in [-0.05, 0) is 57.1 Å². The molecule has 0 radical (unpaired) electrons. The van der Waals surface area contributed by atoms with Gasteiger partial charge in [0.25, 0.3) is 0 Å². The maximum atomic E-state index is 13.2. The number of benzene rings is 1. The molecule has 0 bridgehead atoms. The van der Waals surface area contributed by atoms with Crippen molar-refractivity contribution in [3.05, 3.63) is 35.9 Å². The number of amides is 3. The van der Waals surface area contributed by atoms with Crippen molar-refractivity contribution in [3.8, 4) is 0 Å². The number of thioether (sulfide) groups is 2. The highest BCUT2D eigenvalue weighted by molar-refractivity contribution is 7.99. The highest BCUT2D eigenvalue weighted by Gasteiger charge is 2.30. The second kappa shape index (κ2) is 18.4. The van der Waals surface area contributed by atoms with Crippen LogP contribution in [0.1, 0.15) is 58.4 Å². The van der Waals surface area contributed by atoms with Gasteiger partial charge in [0.2, 0.25) is 11.8 Å². The fraction of sp³-hybridized carbons (Fsp3) is 0.679. The molecule has 214 valence electrons. The van der Waals surface area contributed by atoms with E-state index in [9.17, 15) is 14.4 Å². The van der Waals surface area contributed by atoms with Crippen LogP contribution in [-0.2, 0) is 20.9 Å². The molecule has 3 N–H and O–H groups in total. The Labute approximate surface area is 237 Å². The molecule has 38 heavy (non-hydrogen) atoms. The summed E-state index contributed by atoms with van der Waals surface area (Å²) >= 11 is 3.16. The second-order valence-electron chi connectivity index (χ2n) is 10.1. The molecule has 8 nitrogen and oxygen atoms in total. The Bertz CT molecular complexity index is 837. The summed E-state index contributed by atoms with van der Waals surface area (Å²) in [5.41, 5.74) is 1.18. The molecular formula is C28H46N4O4S2. The third kappa shape index (κ3) is 12.3. The minimum Gasteiger partial charge on any atom is -0.447 e. The van der Waals surface area contributed by atoms with Crippen LogP contribution < -0.4 is 16.0 Å². The number of ether oxygens (including phenoxy) is 1. The third-order valence-electron chi connectivity index (χ3n) is 6.45. The number of carbonyl (C=O) groups excluding carboxylic acids is 3. The first-order valence-electron chi connectivity index (χ1n) is 13.7. The zero-order valence-corrected chi connectivity index (χ0v) is 25.0. The van der Waals surface area contributed by atoms with Gasteiger partial charge in [0.1, 0.15) is 12.1 Å². The van der Waals surface area contributed by atoms with Gasteiger partial charge in [0.15, 0.2) is 0 Å². The van der Waals surface area contributed by atoms with Gasteiger partial charge in [-0.15, -0.1) is 11.8 Å². The summed E-state index contributed by atoms with van der Waals surface area (Å²) in [6.07, 6.45) is 7.38. The Kier molecular flexibility index (Phi) is 15.6. The van der Waals surface area contributed by atoms with Crippen LogP contribution in [0.15, 0.2) is 30.3 Å². The number of nitrogens with one attached hydrogen (secondary N) is 3. The monoisotopic (exact) mass is 566 g/mol. The van der Waals surface area contributed by atoms with Crippen LogP contribution >= 0.6 is 23.5 Å². The molecule has 0 aliphatic heterocycles. The Morgan fingerprint density at radius 1 is 1.03 bits per heavy atom. The van der Waals surface area contributed by atoms with Crippen molar-refractivity contribution in [1.29, 1.82) is 0 Å². The van der Waals surface area contributed by atoms with Crippen molar-refractivity contribution >= 4 is 41.4 Å². The fourth-order valence-electron chi connectivity index (χ4n) is 4.28. The van der Waals surface area contributed by atoms with Crippen LogP contribution in [0.4, 0.5) is 4.79 Å². The van der Waals surface area contributed by atoms with Crippen LogP contribution in [0.3, 0.4) is 0 Å². The Morgan fingerprint density at radius 2 is 1.74 bits per heavy atom. The molecule has 1 aromatic rings. The first-order valence-corrected chi connectivity index (χ1v) is 16.2. The van der Waals surface area contributed by atoms with E-state index < -0.39 is 18.2 Å². The fourth-order valence-corrected chi connectivity index (χ4v) is 6.16. The normalized spacial score (nSPS) is 15.5. The summed E-state index contributed by atoms with van der Waals surface area (Å²) in [7, 11) is 0.